The van der Waals surface area contributed by atoms with Crippen molar-refractivity contribution in [3.05, 3.63) is 65.0 Å². The zero-order valence-electron chi connectivity index (χ0n) is 23.1. The molecular weight excluding hydrogens is 445 g/mol. The molecule has 0 aliphatic heterocycles. The lowest BCUT2D eigenvalue weighted by atomic mass is 10.1. The van der Waals surface area contributed by atoms with E-state index in [1.54, 1.807) is 25.9 Å². The molecule has 0 saturated heterocycles. The van der Waals surface area contributed by atoms with Crippen molar-refractivity contribution < 1.29 is 20.8 Å². The van der Waals surface area contributed by atoms with Crippen molar-refractivity contribution in [1.29, 1.82) is 5.26 Å². The van der Waals surface area contributed by atoms with Gasteiger partial charge in [-0.2, -0.15) is 5.26 Å². The number of carbonyl (C=O) groups is 1. The van der Waals surface area contributed by atoms with Crippen molar-refractivity contribution in [3.63, 3.8) is 0 Å². The van der Waals surface area contributed by atoms with E-state index in [4.69, 9.17) is 23.2 Å². The first-order chi connectivity index (χ1) is 17.9. The number of benzene rings is 2. The average molecular weight is 473 g/mol. The lowest BCUT2D eigenvalue weighted by molar-refractivity contribution is -0.111. The third kappa shape index (κ3) is 5.98. The molecule has 0 aliphatic carbocycles. The molecule has 7 nitrogen and oxygen atoms in total. The maximum Gasteiger partial charge on any atom is 0.248 e. The Labute approximate surface area is 203 Å². The number of nitriles is 1. The molecule has 3 rings (SSSR count). The third-order valence-electron chi connectivity index (χ3n) is 4.21. The molecule has 0 unspecified atom stereocenters. The fourth-order valence-electron chi connectivity index (χ4n) is 2.80. The van der Waals surface area contributed by atoms with Gasteiger partial charge in [-0.25, -0.2) is 4.39 Å². The minimum absolute atomic E-state index is 0.00906. The van der Waals surface area contributed by atoms with Crippen LogP contribution in [0.1, 0.15) is 19.3 Å². The number of hydrogen-bond acceptors (Lipinski definition) is 6. The quantitative estimate of drug-likeness (QED) is 0.443. The highest BCUT2D eigenvalue weighted by Crippen LogP contribution is 2.36. The summed E-state index contributed by atoms with van der Waals surface area (Å²) in [7, 11) is 3.40. The first-order valence-electron chi connectivity index (χ1n) is 12.2. The molecule has 1 aromatic heterocycles. The summed E-state index contributed by atoms with van der Waals surface area (Å²) in [5.74, 6) is -1.85. The zero-order valence-corrected chi connectivity index (χ0v) is 18.8. The molecule has 1 heterocycles. The smallest absolute Gasteiger partial charge is 0.248 e. The van der Waals surface area contributed by atoms with Crippen molar-refractivity contribution in [3.8, 4) is 11.8 Å². The molecular formula is C24H23ClFN5O2. The summed E-state index contributed by atoms with van der Waals surface area (Å²) in [6.07, 6.45) is 1.25. The highest BCUT2D eigenvalue weighted by Gasteiger charge is 2.15. The molecule has 2 N–H and O–H groups in total. The molecule has 0 aliphatic rings. The fourth-order valence-corrected chi connectivity index (χ4v) is 2.94. The zero-order chi connectivity index (χ0) is 28.3. The summed E-state index contributed by atoms with van der Waals surface area (Å²) in [4.78, 5) is 18.7. The normalized spacial score (nSPS) is 13.8. The van der Waals surface area contributed by atoms with Crippen molar-refractivity contribution >= 4 is 45.5 Å². The maximum atomic E-state index is 14.1. The molecule has 33 heavy (non-hydrogen) atoms. The second-order valence-corrected chi connectivity index (χ2v) is 7.33. The summed E-state index contributed by atoms with van der Waals surface area (Å²) in [6, 6.07) is 2.08. The molecule has 0 atom stereocenters. The van der Waals surface area contributed by atoms with E-state index in [1.165, 1.54) is 18.3 Å². The van der Waals surface area contributed by atoms with Crippen LogP contribution >= 0.6 is 11.6 Å². The molecule has 0 bridgehead atoms. The second kappa shape index (κ2) is 10.8. The first kappa shape index (κ1) is 17.8. The van der Waals surface area contributed by atoms with E-state index in [2.05, 4.69) is 15.6 Å². The predicted octanol–water partition coefficient (Wildman–Crippen LogP) is 5.10. The molecule has 0 saturated carbocycles. The van der Waals surface area contributed by atoms with Crippen LogP contribution < -0.4 is 15.4 Å². The Hall–Kier alpha value is -3.67. The fraction of sp³-hybridized carbons (Fsp3) is 0.208. The van der Waals surface area contributed by atoms with Gasteiger partial charge in [0.25, 0.3) is 0 Å². The number of carbonyl (C=O) groups excluding carboxylic acids is 1. The summed E-state index contributed by atoms with van der Waals surface area (Å²) in [6.45, 7) is 2.04. The van der Waals surface area contributed by atoms with E-state index in [1.807, 2.05) is 6.07 Å². The first-order valence-corrected chi connectivity index (χ1v) is 10.1. The molecule has 2 aromatic carbocycles. The van der Waals surface area contributed by atoms with Gasteiger partial charge in [0, 0.05) is 35.9 Å². The summed E-state index contributed by atoms with van der Waals surface area (Å²) in [5, 5.41) is 14.6. The number of nitrogens with zero attached hydrogens (tertiary/aromatic N) is 3. The topological polar surface area (TPSA) is 90.3 Å². The molecule has 170 valence electrons. The van der Waals surface area contributed by atoms with E-state index in [-0.39, 0.29) is 53.0 Å². The Bertz CT molecular complexity index is 1480. The molecule has 3 aromatic rings. The van der Waals surface area contributed by atoms with Gasteiger partial charge in [0.05, 0.1) is 40.9 Å². The number of halogens is 2. The van der Waals surface area contributed by atoms with Crippen molar-refractivity contribution in [1.82, 2.24) is 9.88 Å². The summed E-state index contributed by atoms with van der Waals surface area (Å²) < 4.78 is 59.9. The molecule has 1 amide bonds. The number of pyridine rings is 1. The summed E-state index contributed by atoms with van der Waals surface area (Å²) in [5.41, 5.74) is 0.174. The molecule has 0 fully saturated rings. The monoisotopic (exact) mass is 472 g/mol. The van der Waals surface area contributed by atoms with E-state index >= 15 is 0 Å². The van der Waals surface area contributed by atoms with Crippen LogP contribution in [0.5, 0.6) is 5.75 Å². The second-order valence-electron chi connectivity index (χ2n) is 6.95. The number of ether oxygens (including phenoxy) is 1. The third-order valence-corrected chi connectivity index (χ3v) is 4.47. The van der Waals surface area contributed by atoms with Crippen LogP contribution in [0.4, 0.5) is 21.5 Å². The number of likely N-dealkylation sites (N-methyl/N-ethyl adjacent to an activating group) is 1. The minimum Gasteiger partial charge on any atom is -0.492 e. The molecule has 0 radical (unpaired) electrons. The van der Waals surface area contributed by atoms with Gasteiger partial charge in [-0.05, 0) is 45.2 Å². The number of rotatable bonds is 8. The standard InChI is InChI=1S/C24H23ClFN5O2/c1-4-33-22-12-20-17(11-21(22)30-23(32)6-5-9-31(2)3)24(15(13-27)14-28-20)29-16-7-8-19(26)18(25)10-16/h5-8,10-12,14H,4,9H2,1-3H3,(H,28,29)(H,30,32)/b6-5+/i5D,6D,7D,8D,10D. The van der Waals surface area contributed by atoms with Crippen LogP contribution in [-0.2, 0) is 4.79 Å². The lowest BCUT2D eigenvalue weighted by Gasteiger charge is -2.16. The number of hydrogen-bond donors (Lipinski definition) is 2. The largest absolute Gasteiger partial charge is 0.492 e. The van der Waals surface area contributed by atoms with Crippen LogP contribution in [0.3, 0.4) is 0 Å². The van der Waals surface area contributed by atoms with Crippen molar-refractivity contribution in [2.24, 2.45) is 0 Å². The summed E-state index contributed by atoms with van der Waals surface area (Å²) >= 11 is 5.86. The number of anilines is 3. The Morgan fingerprint density at radius 1 is 1.45 bits per heavy atom. The van der Waals surface area contributed by atoms with E-state index < -0.39 is 40.9 Å². The highest BCUT2D eigenvalue weighted by molar-refractivity contribution is 6.31. The van der Waals surface area contributed by atoms with Gasteiger partial charge in [-0.15, -0.1) is 0 Å². The molecule has 9 heteroatoms. The predicted molar refractivity (Wildman–Crippen MR) is 129 cm³/mol. The molecule has 0 spiro atoms. The van der Waals surface area contributed by atoms with E-state index in [0.29, 0.717) is 5.52 Å². The van der Waals surface area contributed by atoms with Crippen LogP contribution in [0.2, 0.25) is 5.02 Å². The number of aromatic nitrogens is 1. The maximum absolute atomic E-state index is 14.1. The van der Waals surface area contributed by atoms with Crippen molar-refractivity contribution in [2.75, 3.05) is 37.9 Å². The van der Waals surface area contributed by atoms with Gasteiger partial charge >= 0.3 is 0 Å². The van der Waals surface area contributed by atoms with Gasteiger partial charge in [0.1, 0.15) is 17.6 Å². The van der Waals surface area contributed by atoms with Gasteiger partial charge in [-0.3, -0.25) is 9.78 Å². The number of amides is 1. The van der Waals surface area contributed by atoms with Gasteiger partial charge in [-0.1, -0.05) is 17.7 Å². The van der Waals surface area contributed by atoms with Gasteiger partial charge < -0.3 is 20.3 Å². The van der Waals surface area contributed by atoms with Crippen LogP contribution in [0, 0.1) is 17.1 Å². The SMILES string of the molecule is [2H]/C(CN(C)C)=C(/[2H])C(=O)Nc1cc2c(Nc3c([2H])c([2H])c(F)c(Cl)c3[2H])c(C#N)cnc2cc1OCC. The van der Waals surface area contributed by atoms with Gasteiger partial charge in [0.2, 0.25) is 5.91 Å². The Morgan fingerprint density at radius 3 is 2.94 bits per heavy atom. The minimum atomic E-state index is -1.21. The van der Waals surface area contributed by atoms with Crippen LogP contribution in [-0.4, -0.2) is 43.0 Å². The van der Waals surface area contributed by atoms with Gasteiger partial charge in [0.15, 0.2) is 0 Å². The Kier molecular flexibility index (Phi) is 5.82. The number of nitrogens with one attached hydrogen (secondary N) is 2. The Balaban J connectivity index is 2.21. The van der Waals surface area contributed by atoms with E-state index in [0.717, 1.165) is 0 Å². The van der Waals surface area contributed by atoms with Crippen LogP contribution in [0.25, 0.3) is 10.9 Å². The highest BCUT2D eigenvalue weighted by atomic mass is 35.5. The van der Waals surface area contributed by atoms with Crippen LogP contribution in [0.15, 0.2) is 48.6 Å². The van der Waals surface area contributed by atoms with Crippen molar-refractivity contribution in [2.45, 2.75) is 6.92 Å². The average Bonchev–Trinajstić information content (AvgIpc) is 2.88. The lowest BCUT2D eigenvalue weighted by Crippen LogP contribution is -2.13. The number of fused-ring (bicyclic) bond motifs is 1. The van der Waals surface area contributed by atoms with E-state index in [9.17, 15) is 14.4 Å². The Morgan fingerprint density at radius 2 is 2.24 bits per heavy atom.